The molecule has 7 nitrogen and oxygen atoms in total. The molecule has 2 aliphatic heterocycles. The Hall–Kier alpha value is -2.91. The summed E-state index contributed by atoms with van der Waals surface area (Å²) in [6.07, 6.45) is 4.72. The van der Waals surface area contributed by atoms with E-state index in [4.69, 9.17) is 4.74 Å². The van der Waals surface area contributed by atoms with Crippen molar-refractivity contribution >= 4 is 31.8 Å². The fraction of sp³-hybridized carbons (Fsp3) is 0.308. The van der Waals surface area contributed by atoms with Gasteiger partial charge in [-0.3, -0.25) is 14.9 Å². The molecule has 2 aromatic heterocycles. The van der Waals surface area contributed by atoms with Gasteiger partial charge in [0.1, 0.15) is 10.6 Å². The van der Waals surface area contributed by atoms with Crippen LogP contribution in [0, 0.1) is 0 Å². The number of rotatable bonds is 4. The molecule has 0 atom stereocenters. The normalized spacial score (nSPS) is 19.3. The zero-order valence-electron chi connectivity index (χ0n) is 18.8. The number of likely N-dealkylation sites (tertiary alicyclic amines) is 1. The Kier molecular flexibility index (Phi) is 5.33. The van der Waals surface area contributed by atoms with Crippen LogP contribution in [0.2, 0.25) is 0 Å². The molecule has 2 aromatic carbocycles. The summed E-state index contributed by atoms with van der Waals surface area (Å²) in [6.45, 7) is 3.06. The Bertz CT molecular complexity index is 1450. The molecule has 0 amide bonds. The van der Waals surface area contributed by atoms with E-state index in [-0.39, 0.29) is 4.90 Å². The minimum atomic E-state index is -3.76. The fourth-order valence-corrected chi connectivity index (χ4v) is 7.22. The van der Waals surface area contributed by atoms with E-state index in [0.717, 1.165) is 35.9 Å². The van der Waals surface area contributed by atoms with E-state index in [1.165, 1.54) is 5.56 Å². The summed E-state index contributed by atoms with van der Waals surface area (Å²) in [5, 5.41) is 1.95. The van der Waals surface area contributed by atoms with Gasteiger partial charge in [0.15, 0.2) is 0 Å². The quantitative estimate of drug-likeness (QED) is 0.448. The summed E-state index contributed by atoms with van der Waals surface area (Å²) in [5.74, 6) is 0. The van der Waals surface area contributed by atoms with Crippen molar-refractivity contribution in [3.8, 4) is 0 Å². The number of hydrogen-bond acceptors (Lipinski definition) is 6. The third-order valence-electron chi connectivity index (χ3n) is 7.03. The van der Waals surface area contributed by atoms with Crippen molar-refractivity contribution in [3.63, 3.8) is 0 Å². The van der Waals surface area contributed by atoms with Gasteiger partial charge < -0.3 is 4.74 Å². The molecule has 2 fully saturated rings. The first-order chi connectivity index (χ1) is 16.6. The number of nitrogens with zero attached hydrogens (tertiary/aromatic N) is 4. The number of fused-ring (bicyclic) bond motifs is 2. The van der Waals surface area contributed by atoms with Crippen molar-refractivity contribution in [1.82, 2.24) is 19.2 Å². The van der Waals surface area contributed by atoms with Crippen LogP contribution in [-0.2, 0) is 21.3 Å². The average molecular weight is 475 g/mol. The van der Waals surface area contributed by atoms with E-state index in [1.807, 2.05) is 30.5 Å². The Labute approximate surface area is 199 Å². The molecule has 2 saturated heterocycles. The minimum absolute atomic E-state index is 0.250. The molecule has 2 aliphatic rings. The van der Waals surface area contributed by atoms with Gasteiger partial charge in [-0.15, -0.1) is 0 Å². The average Bonchev–Trinajstić information content (AvgIpc) is 3.29. The number of para-hydroxylation sites is 2. The van der Waals surface area contributed by atoms with Gasteiger partial charge >= 0.3 is 0 Å². The van der Waals surface area contributed by atoms with Gasteiger partial charge in [-0.2, -0.15) is 4.31 Å². The SMILES string of the molecule is O=S(=O)(c1cccc2cccnc12)N1CCOC12CCN(Cc1cccc3cccnc13)CC2. The van der Waals surface area contributed by atoms with Crippen LogP contribution in [0.5, 0.6) is 0 Å². The molecule has 6 rings (SSSR count). The lowest BCUT2D eigenvalue weighted by Crippen LogP contribution is -2.54. The second kappa shape index (κ2) is 8.39. The zero-order chi connectivity index (χ0) is 23.2. The Morgan fingerprint density at radius 1 is 0.824 bits per heavy atom. The van der Waals surface area contributed by atoms with Gasteiger partial charge in [-0.05, 0) is 23.8 Å². The second-order valence-corrected chi connectivity index (χ2v) is 10.8. The summed E-state index contributed by atoms with van der Waals surface area (Å²) in [5.41, 5.74) is 1.92. The molecule has 0 bridgehead atoms. The molecule has 174 valence electrons. The van der Waals surface area contributed by atoms with Gasteiger partial charge in [0, 0.05) is 62.2 Å². The zero-order valence-corrected chi connectivity index (χ0v) is 19.6. The van der Waals surface area contributed by atoms with Crippen LogP contribution >= 0.6 is 0 Å². The Balaban J connectivity index is 1.25. The molecule has 4 heterocycles. The molecule has 0 radical (unpaired) electrons. The van der Waals surface area contributed by atoms with Crippen molar-refractivity contribution in [1.29, 1.82) is 0 Å². The minimum Gasteiger partial charge on any atom is -0.358 e. The van der Waals surface area contributed by atoms with Crippen LogP contribution < -0.4 is 0 Å². The summed E-state index contributed by atoms with van der Waals surface area (Å²) < 4.78 is 35.4. The molecule has 0 saturated carbocycles. The smallest absolute Gasteiger partial charge is 0.247 e. The van der Waals surface area contributed by atoms with E-state index in [9.17, 15) is 8.42 Å². The Morgan fingerprint density at radius 2 is 1.47 bits per heavy atom. The summed E-state index contributed by atoms with van der Waals surface area (Å²) >= 11 is 0. The molecule has 4 aromatic rings. The predicted molar refractivity (Wildman–Crippen MR) is 131 cm³/mol. The van der Waals surface area contributed by atoms with Crippen LogP contribution in [0.25, 0.3) is 21.8 Å². The van der Waals surface area contributed by atoms with Crippen LogP contribution in [0.15, 0.2) is 78.0 Å². The number of pyridine rings is 2. The number of sulfonamides is 1. The van der Waals surface area contributed by atoms with Crippen LogP contribution in [0.4, 0.5) is 0 Å². The third-order valence-corrected chi connectivity index (χ3v) is 9.01. The summed E-state index contributed by atoms with van der Waals surface area (Å²) in [4.78, 5) is 11.6. The fourth-order valence-electron chi connectivity index (χ4n) is 5.33. The maximum atomic E-state index is 13.8. The van der Waals surface area contributed by atoms with Crippen LogP contribution in [-0.4, -0.2) is 59.6 Å². The lowest BCUT2D eigenvalue weighted by Gasteiger charge is -2.43. The molecule has 0 aliphatic carbocycles. The van der Waals surface area contributed by atoms with Gasteiger partial charge in [-0.25, -0.2) is 8.42 Å². The van der Waals surface area contributed by atoms with Crippen molar-refractivity contribution in [2.75, 3.05) is 26.2 Å². The molecular formula is C26H26N4O3S. The molecule has 8 heteroatoms. The summed E-state index contributed by atoms with van der Waals surface area (Å²) in [6, 6.07) is 19.3. The predicted octanol–water partition coefficient (Wildman–Crippen LogP) is 3.80. The lowest BCUT2D eigenvalue weighted by atomic mass is 9.99. The highest BCUT2D eigenvalue weighted by Crippen LogP contribution is 2.39. The molecule has 34 heavy (non-hydrogen) atoms. The van der Waals surface area contributed by atoms with Gasteiger partial charge in [0.2, 0.25) is 10.0 Å². The number of ether oxygens (including phenoxy) is 1. The van der Waals surface area contributed by atoms with Crippen molar-refractivity contribution < 1.29 is 13.2 Å². The van der Waals surface area contributed by atoms with E-state index in [0.29, 0.717) is 31.5 Å². The highest BCUT2D eigenvalue weighted by atomic mass is 32.2. The van der Waals surface area contributed by atoms with Gasteiger partial charge in [-0.1, -0.05) is 42.5 Å². The largest absolute Gasteiger partial charge is 0.358 e. The standard InChI is InChI=1S/C26H26N4O3S/c31-34(32,23-10-2-6-21-9-4-14-28-25(21)23)30-17-18-33-26(30)11-15-29(16-12-26)19-22-7-1-5-20-8-3-13-27-24(20)22/h1-10,13-14H,11-12,15-19H2. The van der Waals surface area contributed by atoms with Gasteiger partial charge in [0.25, 0.3) is 0 Å². The molecular weight excluding hydrogens is 448 g/mol. The van der Waals surface area contributed by atoms with E-state index >= 15 is 0 Å². The number of piperidine rings is 1. The topological polar surface area (TPSA) is 75.6 Å². The first kappa shape index (κ1) is 21.6. The second-order valence-electron chi connectivity index (χ2n) is 8.97. The van der Waals surface area contributed by atoms with Crippen LogP contribution in [0.3, 0.4) is 0 Å². The van der Waals surface area contributed by atoms with Crippen molar-refractivity contribution in [3.05, 3.63) is 78.6 Å². The maximum absolute atomic E-state index is 13.8. The third kappa shape index (κ3) is 3.58. The molecule has 1 spiro atoms. The Morgan fingerprint density at radius 3 is 2.24 bits per heavy atom. The molecule has 0 unspecified atom stereocenters. The van der Waals surface area contributed by atoms with Crippen molar-refractivity contribution in [2.24, 2.45) is 0 Å². The van der Waals surface area contributed by atoms with E-state index in [1.54, 1.807) is 22.6 Å². The van der Waals surface area contributed by atoms with Gasteiger partial charge in [0.05, 0.1) is 17.6 Å². The number of aromatic nitrogens is 2. The van der Waals surface area contributed by atoms with Crippen molar-refractivity contribution in [2.45, 2.75) is 30.0 Å². The maximum Gasteiger partial charge on any atom is 0.247 e. The van der Waals surface area contributed by atoms with E-state index in [2.05, 4.69) is 39.1 Å². The highest BCUT2D eigenvalue weighted by Gasteiger charge is 2.50. The summed E-state index contributed by atoms with van der Waals surface area (Å²) in [7, 11) is -3.76. The van der Waals surface area contributed by atoms with E-state index < -0.39 is 15.7 Å². The number of hydrogen-bond donors (Lipinski definition) is 0. The monoisotopic (exact) mass is 474 g/mol. The highest BCUT2D eigenvalue weighted by molar-refractivity contribution is 7.89. The number of benzene rings is 2. The van der Waals surface area contributed by atoms with Crippen LogP contribution in [0.1, 0.15) is 18.4 Å². The first-order valence-electron chi connectivity index (χ1n) is 11.6. The lowest BCUT2D eigenvalue weighted by molar-refractivity contribution is -0.0916. The first-order valence-corrected chi connectivity index (χ1v) is 13.1. The molecule has 0 N–H and O–H groups in total.